The van der Waals surface area contributed by atoms with E-state index in [1.54, 1.807) is 17.0 Å². The number of piperidine rings is 1. The third-order valence-corrected chi connectivity index (χ3v) is 9.20. The van der Waals surface area contributed by atoms with Crippen LogP contribution in [0, 0.1) is 0 Å². The molecule has 0 radical (unpaired) electrons. The van der Waals surface area contributed by atoms with E-state index >= 15 is 0 Å². The molecule has 0 bridgehead atoms. The van der Waals surface area contributed by atoms with Gasteiger partial charge < -0.3 is 4.74 Å². The number of ether oxygens (including phenoxy) is 1. The van der Waals surface area contributed by atoms with E-state index in [-0.39, 0.29) is 24.2 Å². The minimum Gasteiger partial charge on any atom is -0.444 e. The number of amides is 1. The van der Waals surface area contributed by atoms with Crippen LogP contribution in [0.15, 0.2) is 51.8 Å². The summed E-state index contributed by atoms with van der Waals surface area (Å²) in [7, 11) is -3.57. The van der Waals surface area contributed by atoms with Gasteiger partial charge in [-0.1, -0.05) is 48.8 Å². The summed E-state index contributed by atoms with van der Waals surface area (Å²) in [6, 6.07) is 13.0. The van der Waals surface area contributed by atoms with Crippen molar-refractivity contribution in [1.29, 1.82) is 0 Å². The molecule has 2 aliphatic heterocycles. The van der Waals surface area contributed by atoms with Gasteiger partial charge in [0.2, 0.25) is 10.0 Å². The maximum atomic E-state index is 13.2. The number of anilines is 1. The predicted molar refractivity (Wildman–Crippen MR) is 128 cm³/mol. The van der Waals surface area contributed by atoms with Crippen LogP contribution in [0.3, 0.4) is 0 Å². The molecule has 6 nitrogen and oxygen atoms in total. The van der Waals surface area contributed by atoms with E-state index in [1.165, 1.54) is 4.31 Å². The van der Waals surface area contributed by atoms with E-state index in [1.807, 2.05) is 30.3 Å². The second kappa shape index (κ2) is 8.80. The average molecular weight is 521 g/mol. The van der Waals surface area contributed by atoms with E-state index in [0.717, 1.165) is 27.7 Å². The Labute approximate surface area is 198 Å². The van der Waals surface area contributed by atoms with Crippen molar-refractivity contribution in [1.82, 2.24) is 4.31 Å². The number of halogens is 1. The monoisotopic (exact) mass is 520 g/mol. The third kappa shape index (κ3) is 4.32. The van der Waals surface area contributed by atoms with Gasteiger partial charge >= 0.3 is 6.09 Å². The molecule has 1 saturated heterocycles. The summed E-state index contributed by atoms with van der Waals surface area (Å²) in [5.41, 5.74) is 2.94. The van der Waals surface area contributed by atoms with Crippen LogP contribution in [-0.4, -0.2) is 37.9 Å². The van der Waals surface area contributed by atoms with Crippen molar-refractivity contribution in [3.8, 4) is 0 Å². The lowest BCUT2D eigenvalue weighted by molar-refractivity contribution is 0.135. The maximum absolute atomic E-state index is 13.2. The van der Waals surface area contributed by atoms with Gasteiger partial charge in [0.1, 0.15) is 6.61 Å². The van der Waals surface area contributed by atoms with Crippen LogP contribution in [-0.2, 0) is 26.8 Å². The van der Waals surface area contributed by atoms with Crippen LogP contribution in [0.4, 0.5) is 10.5 Å². The summed E-state index contributed by atoms with van der Waals surface area (Å²) >= 11 is 3.46. The second-order valence-electron chi connectivity index (χ2n) is 9.09. The number of cyclic esters (lactones) is 1. The second-order valence-corrected chi connectivity index (χ2v) is 11.9. The van der Waals surface area contributed by atoms with Crippen molar-refractivity contribution in [2.75, 3.05) is 18.0 Å². The summed E-state index contributed by atoms with van der Waals surface area (Å²) < 4.78 is 34.3. The Kier molecular flexibility index (Phi) is 6.40. The molecule has 1 fully saturated rings. The number of hydrogen-bond donors (Lipinski definition) is 0. The molecule has 4 rings (SSSR count). The first kappa shape index (κ1) is 23.3. The molecule has 0 aromatic heterocycles. The molecule has 172 valence electrons. The van der Waals surface area contributed by atoms with Gasteiger partial charge in [-0.25, -0.2) is 13.2 Å². The Hall–Kier alpha value is -1.90. The highest BCUT2D eigenvalue weighted by atomic mass is 79.9. The van der Waals surface area contributed by atoms with Crippen LogP contribution in [0.1, 0.15) is 51.2 Å². The minimum absolute atomic E-state index is 0.00949. The van der Waals surface area contributed by atoms with Crippen LogP contribution in [0.25, 0.3) is 0 Å². The number of benzene rings is 2. The summed E-state index contributed by atoms with van der Waals surface area (Å²) in [5.74, 6) is 0. The summed E-state index contributed by atoms with van der Waals surface area (Å²) in [6.45, 7) is 7.43. The fourth-order valence-corrected chi connectivity index (χ4v) is 6.21. The highest BCUT2D eigenvalue weighted by Gasteiger charge is 2.37. The van der Waals surface area contributed by atoms with E-state index in [4.69, 9.17) is 4.74 Å². The topological polar surface area (TPSA) is 66.9 Å². The highest BCUT2D eigenvalue weighted by Crippen LogP contribution is 2.35. The van der Waals surface area contributed by atoms with Crippen LogP contribution in [0.5, 0.6) is 0 Å². The van der Waals surface area contributed by atoms with Gasteiger partial charge in [0.05, 0.1) is 10.6 Å². The Bertz CT molecular complexity index is 1110. The van der Waals surface area contributed by atoms with E-state index in [0.29, 0.717) is 30.8 Å². The standard InChI is InChI=1S/C24H29BrN2O4S/c1-4-24(2,3)18-5-8-21(9-6-18)32(29,30)26-13-11-20(12-14-26)27-22-10-7-19(25)15-17(22)16-31-23(27)28/h5-10,15,20H,4,11-14,16H2,1-3H3. The van der Waals surface area contributed by atoms with Gasteiger partial charge in [-0.05, 0) is 60.6 Å². The minimum atomic E-state index is -3.57. The molecule has 8 heteroatoms. The first-order valence-corrected chi connectivity index (χ1v) is 13.2. The normalized spacial score (nSPS) is 18.4. The number of hydrogen-bond acceptors (Lipinski definition) is 4. The van der Waals surface area contributed by atoms with Gasteiger partial charge in [0.15, 0.2) is 0 Å². The van der Waals surface area contributed by atoms with Gasteiger partial charge in [0, 0.05) is 29.2 Å². The zero-order valence-corrected chi connectivity index (χ0v) is 21.1. The zero-order chi connectivity index (χ0) is 23.1. The van der Waals surface area contributed by atoms with Crippen molar-refractivity contribution in [2.24, 2.45) is 0 Å². The number of nitrogens with zero attached hydrogens (tertiary/aromatic N) is 2. The van der Waals surface area contributed by atoms with E-state index in [2.05, 4.69) is 36.7 Å². The lowest BCUT2D eigenvalue weighted by atomic mass is 9.82. The molecule has 2 aromatic carbocycles. The number of rotatable bonds is 5. The fraction of sp³-hybridized carbons (Fsp3) is 0.458. The first-order chi connectivity index (χ1) is 15.1. The zero-order valence-electron chi connectivity index (χ0n) is 18.7. The van der Waals surface area contributed by atoms with Gasteiger partial charge in [-0.15, -0.1) is 0 Å². The molecule has 2 aromatic rings. The Balaban J connectivity index is 1.48. The smallest absolute Gasteiger partial charge is 0.414 e. The van der Waals surface area contributed by atoms with Gasteiger partial charge in [0.25, 0.3) is 0 Å². The first-order valence-electron chi connectivity index (χ1n) is 11.0. The van der Waals surface area contributed by atoms with E-state index < -0.39 is 10.0 Å². The predicted octanol–water partition coefficient (Wildman–Crippen LogP) is 5.45. The summed E-state index contributed by atoms with van der Waals surface area (Å²) in [5, 5.41) is 0. The lowest BCUT2D eigenvalue weighted by Crippen LogP contribution is -2.50. The van der Waals surface area contributed by atoms with Crippen LogP contribution >= 0.6 is 15.9 Å². The summed E-state index contributed by atoms with van der Waals surface area (Å²) in [4.78, 5) is 14.5. The third-order valence-electron chi connectivity index (χ3n) is 6.79. The van der Waals surface area contributed by atoms with Crippen molar-refractivity contribution in [2.45, 2.75) is 63.0 Å². The Morgan fingerprint density at radius 2 is 1.75 bits per heavy atom. The molecular formula is C24H29BrN2O4S. The highest BCUT2D eigenvalue weighted by molar-refractivity contribution is 9.10. The van der Waals surface area contributed by atoms with Crippen LogP contribution in [0.2, 0.25) is 0 Å². The molecular weight excluding hydrogens is 492 g/mol. The number of sulfonamides is 1. The lowest BCUT2D eigenvalue weighted by Gasteiger charge is -2.39. The molecule has 1 amide bonds. The fourth-order valence-electron chi connectivity index (χ4n) is 4.33. The maximum Gasteiger partial charge on any atom is 0.414 e. The van der Waals surface area contributed by atoms with Crippen molar-refractivity contribution < 1.29 is 17.9 Å². The summed E-state index contributed by atoms with van der Waals surface area (Å²) in [6.07, 6.45) is 1.73. The molecule has 0 unspecified atom stereocenters. The molecule has 0 atom stereocenters. The van der Waals surface area contributed by atoms with Crippen molar-refractivity contribution in [3.63, 3.8) is 0 Å². The molecule has 2 heterocycles. The molecule has 0 N–H and O–H groups in total. The van der Waals surface area contributed by atoms with E-state index in [9.17, 15) is 13.2 Å². The van der Waals surface area contributed by atoms with Crippen molar-refractivity contribution in [3.05, 3.63) is 58.1 Å². The SMILES string of the molecule is CCC(C)(C)c1ccc(S(=O)(=O)N2CCC(N3C(=O)OCc4cc(Br)ccc43)CC2)cc1. The van der Waals surface area contributed by atoms with Gasteiger partial charge in [-0.2, -0.15) is 4.31 Å². The molecule has 2 aliphatic rings. The molecule has 0 spiro atoms. The molecule has 0 saturated carbocycles. The number of fused-ring (bicyclic) bond motifs is 1. The molecule has 32 heavy (non-hydrogen) atoms. The van der Waals surface area contributed by atoms with Gasteiger partial charge in [-0.3, -0.25) is 4.90 Å². The average Bonchev–Trinajstić information content (AvgIpc) is 2.79. The number of carbonyl (C=O) groups excluding carboxylic acids is 1. The van der Waals surface area contributed by atoms with Crippen molar-refractivity contribution >= 4 is 37.7 Å². The Morgan fingerprint density at radius 3 is 2.38 bits per heavy atom. The molecule has 0 aliphatic carbocycles. The van der Waals surface area contributed by atoms with Crippen LogP contribution < -0.4 is 4.90 Å². The Morgan fingerprint density at radius 1 is 1.09 bits per heavy atom. The largest absolute Gasteiger partial charge is 0.444 e. The number of carbonyl (C=O) groups is 1. The quantitative estimate of drug-likeness (QED) is 0.525.